The predicted octanol–water partition coefficient (Wildman–Crippen LogP) is 8.07. The molecule has 0 aromatic rings. The van der Waals surface area contributed by atoms with Crippen molar-refractivity contribution in [2.45, 2.75) is 205 Å². The number of hydrogen-bond donors (Lipinski definition) is 4. The summed E-state index contributed by atoms with van der Waals surface area (Å²) in [4.78, 5) is 12.8. The fraction of sp³-hybridized carbons (Fsp3) is 0.878. The van der Waals surface area contributed by atoms with Crippen LogP contribution in [0.25, 0.3) is 0 Å². The Morgan fingerprint density at radius 1 is 0.704 bits per heavy atom. The molecule has 1 aliphatic rings. The number of rotatable bonds is 36. The van der Waals surface area contributed by atoms with Crippen LogP contribution in [-0.2, 0) is 38.3 Å². The van der Waals surface area contributed by atoms with Gasteiger partial charge in [0.2, 0.25) is 0 Å². The summed E-state index contributed by atoms with van der Waals surface area (Å²) in [5.41, 5.74) is 0. The van der Waals surface area contributed by atoms with Gasteiger partial charge < -0.3 is 34.3 Å². The summed E-state index contributed by atoms with van der Waals surface area (Å²) in [5.74, 6) is -0.413. The Bertz CT molecular complexity index is 1050. The fourth-order valence-corrected chi connectivity index (χ4v) is 6.87. The highest BCUT2D eigenvalue weighted by Gasteiger charge is 2.48. The standard InChI is InChI=1S/C41H76O12S/c1-3-5-7-9-11-13-15-17-19-21-23-25-27-29-31-49-33-35(34-50-41-39(45)40(53-54(46,47)48)38(44)36(32-42)52-41)51-37(43)30-28-26-24-22-20-18-16-14-12-10-8-6-4-2/h8,10,14,16,35-36,38-42,44-45H,3-7,9,11-13,15,17-34H2,1-2H3,(H,46,47,48)/b10-8-,16-14-. The van der Waals surface area contributed by atoms with Gasteiger partial charge in [-0.2, -0.15) is 8.42 Å². The van der Waals surface area contributed by atoms with Crippen LogP contribution in [0.2, 0.25) is 0 Å². The second kappa shape index (κ2) is 33.7. The van der Waals surface area contributed by atoms with Gasteiger partial charge in [-0.05, 0) is 38.5 Å². The maximum atomic E-state index is 12.8. The van der Waals surface area contributed by atoms with Crippen LogP contribution in [0.3, 0.4) is 0 Å². The first kappa shape index (κ1) is 50.6. The van der Waals surface area contributed by atoms with E-state index in [2.05, 4.69) is 42.3 Å². The summed E-state index contributed by atoms with van der Waals surface area (Å²) in [5, 5.41) is 30.6. The van der Waals surface area contributed by atoms with Crippen molar-refractivity contribution >= 4 is 16.4 Å². The molecule has 0 radical (unpaired) electrons. The Morgan fingerprint density at radius 2 is 1.26 bits per heavy atom. The van der Waals surface area contributed by atoms with Crippen LogP contribution in [0.15, 0.2) is 24.3 Å². The van der Waals surface area contributed by atoms with E-state index in [4.69, 9.17) is 23.5 Å². The van der Waals surface area contributed by atoms with Crippen LogP contribution in [0, 0.1) is 0 Å². The smallest absolute Gasteiger partial charge is 0.397 e. The lowest BCUT2D eigenvalue weighted by molar-refractivity contribution is -0.301. The lowest BCUT2D eigenvalue weighted by atomic mass is 9.99. The molecule has 0 aliphatic carbocycles. The molecule has 6 atom stereocenters. The minimum Gasteiger partial charge on any atom is -0.457 e. The molecule has 1 heterocycles. The number of aliphatic hydroxyl groups is 3. The molecule has 12 nitrogen and oxygen atoms in total. The Kier molecular flexibility index (Phi) is 31.6. The van der Waals surface area contributed by atoms with E-state index in [1.807, 2.05) is 0 Å². The summed E-state index contributed by atoms with van der Waals surface area (Å²) >= 11 is 0. The first-order valence-electron chi connectivity index (χ1n) is 21.1. The van der Waals surface area contributed by atoms with Crippen molar-refractivity contribution in [3.8, 4) is 0 Å². The molecule has 13 heteroatoms. The zero-order chi connectivity index (χ0) is 39.7. The molecule has 0 aromatic carbocycles. The van der Waals surface area contributed by atoms with Gasteiger partial charge in [-0.15, -0.1) is 0 Å². The number of hydrogen-bond acceptors (Lipinski definition) is 11. The summed E-state index contributed by atoms with van der Waals surface area (Å²) in [6, 6.07) is 0. The molecule has 0 aromatic heterocycles. The number of carbonyl (C=O) groups excluding carboxylic acids is 1. The first-order chi connectivity index (χ1) is 26.1. The number of unbranched alkanes of at least 4 members (excludes halogenated alkanes) is 19. The van der Waals surface area contributed by atoms with E-state index >= 15 is 0 Å². The average Bonchev–Trinajstić information content (AvgIpc) is 3.14. The van der Waals surface area contributed by atoms with Crippen molar-refractivity contribution in [3.05, 3.63) is 24.3 Å². The molecule has 54 heavy (non-hydrogen) atoms. The molecule has 318 valence electrons. The highest BCUT2D eigenvalue weighted by Crippen LogP contribution is 2.26. The number of allylic oxidation sites excluding steroid dienone is 4. The number of esters is 1. The Labute approximate surface area is 327 Å². The number of aliphatic hydroxyl groups excluding tert-OH is 3. The molecule has 4 N–H and O–H groups in total. The third-order valence-electron chi connectivity index (χ3n) is 9.56. The predicted molar refractivity (Wildman–Crippen MR) is 211 cm³/mol. The summed E-state index contributed by atoms with van der Waals surface area (Å²) < 4.78 is 58.9. The van der Waals surface area contributed by atoms with E-state index in [1.165, 1.54) is 77.0 Å². The molecule has 1 fully saturated rings. The second-order valence-corrected chi connectivity index (χ2v) is 15.6. The number of ether oxygens (including phenoxy) is 4. The quantitative estimate of drug-likeness (QED) is 0.0208. The van der Waals surface area contributed by atoms with Crippen molar-refractivity contribution in [1.82, 2.24) is 0 Å². The van der Waals surface area contributed by atoms with Gasteiger partial charge in [-0.3, -0.25) is 9.35 Å². The maximum Gasteiger partial charge on any atom is 0.397 e. The molecule has 0 bridgehead atoms. The van der Waals surface area contributed by atoms with E-state index in [0.29, 0.717) is 13.0 Å². The van der Waals surface area contributed by atoms with Gasteiger partial charge in [0.1, 0.15) is 30.5 Å². The summed E-state index contributed by atoms with van der Waals surface area (Å²) in [6.07, 6.45) is 26.4. The van der Waals surface area contributed by atoms with E-state index < -0.39 is 59.8 Å². The normalized spacial score (nSPS) is 21.3. The highest BCUT2D eigenvalue weighted by molar-refractivity contribution is 7.80. The third kappa shape index (κ3) is 27.2. The van der Waals surface area contributed by atoms with E-state index in [1.54, 1.807) is 0 Å². The summed E-state index contributed by atoms with van der Waals surface area (Å²) in [6.45, 7) is 3.91. The molecule has 0 saturated carbocycles. The van der Waals surface area contributed by atoms with Gasteiger partial charge in [0.05, 0.1) is 19.8 Å². The maximum absolute atomic E-state index is 12.8. The van der Waals surface area contributed by atoms with Crippen LogP contribution < -0.4 is 0 Å². The van der Waals surface area contributed by atoms with Crippen LogP contribution in [0.5, 0.6) is 0 Å². The molecule has 6 unspecified atom stereocenters. The van der Waals surface area contributed by atoms with Crippen molar-refractivity contribution in [1.29, 1.82) is 0 Å². The van der Waals surface area contributed by atoms with Crippen molar-refractivity contribution in [2.24, 2.45) is 0 Å². The second-order valence-electron chi connectivity index (χ2n) is 14.6. The molecule has 0 amide bonds. The third-order valence-corrected chi connectivity index (χ3v) is 10.0. The topological polar surface area (TPSA) is 178 Å². The molecular formula is C41H76O12S. The SMILES string of the molecule is CCC/C=C\C/C=C\CCCCCCCC(=O)OC(COCCCCCCCCCCCCCCCC)COC1OC(CO)C(O)C(OS(=O)(=O)O)C1O. The minimum atomic E-state index is -5.06. The van der Waals surface area contributed by atoms with Crippen LogP contribution in [-0.4, -0.2) is 97.5 Å². The lowest BCUT2D eigenvalue weighted by Crippen LogP contribution is -2.60. The van der Waals surface area contributed by atoms with Crippen LogP contribution in [0.1, 0.15) is 168 Å². The van der Waals surface area contributed by atoms with Gasteiger partial charge in [0, 0.05) is 13.0 Å². The largest absolute Gasteiger partial charge is 0.457 e. The Balaban J connectivity index is 2.47. The Morgan fingerprint density at radius 3 is 1.83 bits per heavy atom. The van der Waals surface area contributed by atoms with Gasteiger partial charge in [-0.25, -0.2) is 4.18 Å². The van der Waals surface area contributed by atoms with Crippen LogP contribution in [0.4, 0.5) is 0 Å². The fourth-order valence-electron chi connectivity index (χ4n) is 6.36. The van der Waals surface area contributed by atoms with E-state index in [-0.39, 0.29) is 19.6 Å². The van der Waals surface area contributed by atoms with Gasteiger partial charge in [0.15, 0.2) is 6.29 Å². The zero-order valence-electron chi connectivity index (χ0n) is 33.5. The lowest BCUT2D eigenvalue weighted by Gasteiger charge is -2.41. The van der Waals surface area contributed by atoms with Crippen molar-refractivity contribution in [3.63, 3.8) is 0 Å². The van der Waals surface area contributed by atoms with E-state index in [9.17, 15) is 28.5 Å². The zero-order valence-corrected chi connectivity index (χ0v) is 34.4. The first-order valence-corrected chi connectivity index (χ1v) is 22.5. The molecule has 0 spiro atoms. The molecular weight excluding hydrogens is 717 g/mol. The summed E-state index contributed by atoms with van der Waals surface area (Å²) in [7, 11) is -5.06. The molecule has 1 saturated heterocycles. The monoisotopic (exact) mass is 793 g/mol. The van der Waals surface area contributed by atoms with E-state index in [0.717, 1.165) is 64.2 Å². The van der Waals surface area contributed by atoms with Gasteiger partial charge in [-0.1, -0.05) is 147 Å². The van der Waals surface area contributed by atoms with Gasteiger partial charge in [0.25, 0.3) is 0 Å². The van der Waals surface area contributed by atoms with Gasteiger partial charge >= 0.3 is 16.4 Å². The van der Waals surface area contributed by atoms with Crippen molar-refractivity contribution < 1.29 is 56.2 Å². The number of carbonyl (C=O) groups is 1. The molecule has 1 rings (SSSR count). The average molecular weight is 793 g/mol. The highest BCUT2D eigenvalue weighted by atomic mass is 32.3. The van der Waals surface area contributed by atoms with Crippen LogP contribution >= 0.6 is 0 Å². The molecule has 1 aliphatic heterocycles. The minimum absolute atomic E-state index is 0.0336. The Hall–Kier alpha value is -1.42. The van der Waals surface area contributed by atoms with Crippen molar-refractivity contribution in [2.75, 3.05) is 26.4 Å².